The molecule has 1 N–H and O–H groups in total. The van der Waals surface area contributed by atoms with Crippen molar-refractivity contribution in [3.05, 3.63) is 57.0 Å². The lowest BCUT2D eigenvalue weighted by molar-refractivity contribution is 0.582. The minimum absolute atomic E-state index is 0.122. The molecule has 20 heavy (non-hydrogen) atoms. The maximum absolute atomic E-state index is 13.5. The van der Waals surface area contributed by atoms with Crippen molar-refractivity contribution in [1.29, 1.82) is 0 Å². The van der Waals surface area contributed by atoms with Gasteiger partial charge in [-0.2, -0.15) is 0 Å². The van der Waals surface area contributed by atoms with Crippen LogP contribution in [0.1, 0.15) is 0 Å². The minimum Gasteiger partial charge on any atom is -0.274 e. The number of sulfonamides is 1. The second kappa shape index (κ2) is 5.79. The van der Waals surface area contributed by atoms with Crippen LogP contribution in [0.15, 0.2) is 50.2 Å². The Kier molecular flexibility index (Phi) is 4.46. The van der Waals surface area contributed by atoms with Gasteiger partial charge in [0.2, 0.25) is 0 Å². The number of anilines is 1. The quantitative estimate of drug-likeness (QED) is 0.795. The molecule has 0 radical (unpaired) electrons. The number of benzene rings is 2. The van der Waals surface area contributed by atoms with E-state index in [0.29, 0.717) is 4.47 Å². The van der Waals surface area contributed by atoms with Crippen LogP contribution >= 0.6 is 31.9 Å². The Bertz CT molecular complexity index is 746. The lowest BCUT2D eigenvalue weighted by Crippen LogP contribution is -2.15. The van der Waals surface area contributed by atoms with Crippen LogP contribution in [0.2, 0.25) is 0 Å². The van der Waals surface area contributed by atoms with E-state index < -0.39 is 27.3 Å². The Morgan fingerprint density at radius 3 is 2.15 bits per heavy atom. The summed E-state index contributed by atoms with van der Waals surface area (Å²) in [5.74, 6) is -1.97. The SMILES string of the molecule is O=S(=O)(Nc1c(F)cccc1F)c1ccc(Br)cc1Br. The van der Waals surface area contributed by atoms with Gasteiger partial charge in [0.25, 0.3) is 10.0 Å². The van der Waals surface area contributed by atoms with Gasteiger partial charge in [-0.3, -0.25) is 4.72 Å². The molecular weight excluding hydrogens is 420 g/mol. The molecule has 0 saturated carbocycles. The highest BCUT2D eigenvalue weighted by Crippen LogP contribution is 2.28. The maximum Gasteiger partial charge on any atom is 0.263 e. The molecule has 2 aromatic rings. The van der Waals surface area contributed by atoms with Crippen LogP contribution in [0.4, 0.5) is 14.5 Å². The van der Waals surface area contributed by atoms with Gasteiger partial charge in [-0.1, -0.05) is 22.0 Å². The summed E-state index contributed by atoms with van der Waals surface area (Å²) in [4.78, 5) is -0.122. The lowest BCUT2D eigenvalue weighted by Gasteiger charge is -2.11. The monoisotopic (exact) mass is 425 g/mol. The third-order valence-corrected chi connectivity index (χ3v) is 5.20. The van der Waals surface area contributed by atoms with Gasteiger partial charge in [-0.05, 0) is 46.3 Å². The van der Waals surface area contributed by atoms with Gasteiger partial charge >= 0.3 is 0 Å². The summed E-state index contributed by atoms with van der Waals surface area (Å²) in [6.45, 7) is 0. The molecule has 0 unspecified atom stereocenters. The van der Waals surface area contributed by atoms with Gasteiger partial charge in [0, 0.05) is 8.95 Å². The molecule has 0 aliphatic heterocycles. The smallest absolute Gasteiger partial charge is 0.263 e. The van der Waals surface area contributed by atoms with Crippen molar-refractivity contribution in [3.8, 4) is 0 Å². The molecule has 0 atom stereocenters. The molecule has 0 saturated heterocycles. The Balaban J connectivity index is 2.46. The molecule has 0 amide bonds. The fraction of sp³-hybridized carbons (Fsp3) is 0. The van der Waals surface area contributed by atoms with Crippen LogP contribution in [-0.4, -0.2) is 8.42 Å². The number of halogens is 4. The van der Waals surface area contributed by atoms with E-state index in [-0.39, 0.29) is 9.37 Å². The van der Waals surface area contributed by atoms with Gasteiger partial charge in [-0.15, -0.1) is 0 Å². The molecule has 8 heteroatoms. The second-order valence-electron chi connectivity index (χ2n) is 3.78. The number of rotatable bonds is 3. The van der Waals surface area contributed by atoms with Crippen LogP contribution in [0.3, 0.4) is 0 Å². The van der Waals surface area contributed by atoms with Crippen LogP contribution in [-0.2, 0) is 10.0 Å². The lowest BCUT2D eigenvalue weighted by atomic mass is 10.3. The molecule has 2 rings (SSSR count). The zero-order valence-electron chi connectivity index (χ0n) is 9.70. The van der Waals surface area contributed by atoms with Crippen molar-refractivity contribution < 1.29 is 17.2 Å². The average molecular weight is 427 g/mol. The van der Waals surface area contributed by atoms with Crippen LogP contribution in [0, 0.1) is 11.6 Å². The van der Waals surface area contributed by atoms with E-state index in [1.165, 1.54) is 18.2 Å². The summed E-state index contributed by atoms with van der Waals surface area (Å²) >= 11 is 6.28. The normalized spacial score (nSPS) is 11.4. The van der Waals surface area contributed by atoms with Crippen LogP contribution in [0.25, 0.3) is 0 Å². The molecular formula is C12H7Br2F2NO2S. The Labute approximate surface area is 131 Å². The van der Waals surface area contributed by atoms with Crippen molar-refractivity contribution >= 4 is 47.6 Å². The zero-order valence-corrected chi connectivity index (χ0v) is 13.7. The second-order valence-corrected chi connectivity index (χ2v) is 7.20. The van der Waals surface area contributed by atoms with E-state index in [2.05, 4.69) is 31.9 Å². The first-order chi connectivity index (χ1) is 9.31. The summed E-state index contributed by atoms with van der Waals surface area (Å²) < 4.78 is 54.1. The summed E-state index contributed by atoms with van der Waals surface area (Å²) in [7, 11) is -4.10. The van der Waals surface area contributed by atoms with Crippen molar-refractivity contribution in [2.24, 2.45) is 0 Å². The van der Waals surface area contributed by atoms with Crippen molar-refractivity contribution in [2.75, 3.05) is 4.72 Å². The highest BCUT2D eigenvalue weighted by atomic mass is 79.9. The van der Waals surface area contributed by atoms with Gasteiger partial charge in [0.05, 0.1) is 0 Å². The first-order valence-electron chi connectivity index (χ1n) is 5.23. The average Bonchev–Trinajstić information content (AvgIpc) is 2.33. The van der Waals surface area contributed by atoms with Crippen molar-refractivity contribution in [3.63, 3.8) is 0 Å². The predicted octanol–water partition coefficient (Wildman–Crippen LogP) is 4.29. The van der Waals surface area contributed by atoms with Crippen LogP contribution < -0.4 is 4.72 Å². The largest absolute Gasteiger partial charge is 0.274 e. The summed E-state index contributed by atoms with van der Waals surface area (Å²) in [6.07, 6.45) is 0. The fourth-order valence-corrected chi connectivity index (χ4v) is 4.30. The zero-order chi connectivity index (χ0) is 14.9. The van der Waals surface area contributed by atoms with E-state index >= 15 is 0 Å². The number of nitrogens with one attached hydrogen (secondary N) is 1. The molecule has 2 aromatic carbocycles. The number of hydrogen-bond acceptors (Lipinski definition) is 2. The number of hydrogen-bond donors (Lipinski definition) is 1. The van der Waals surface area contributed by atoms with E-state index in [4.69, 9.17) is 0 Å². The highest BCUT2D eigenvalue weighted by Gasteiger charge is 2.21. The van der Waals surface area contributed by atoms with Crippen molar-refractivity contribution in [2.45, 2.75) is 4.90 Å². The Morgan fingerprint density at radius 2 is 1.60 bits per heavy atom. The first kappa shape index (κ1) is 15.4. The maximum atomic E-state index is 13.5. The first-order valence-corrected chi connectivity index (χ1v) is 8.30. The molecule has 0 aliphatic carbocycles. The molecule has 0 spiro atoms. The van der Waals surface area contributed by atoms with Crippen LogP contribution in [0.5, 0.6) is 0 Å². The molecule has 0 bridgehead atoms. The molecule has 0 aliphatic rings. The van der Waals surface area contributed by atoms with E-state index in [0.717, 1.165) is 18.2 Å². The van der Waals surface area contributed by atoms with Crippen molar-refractivity contribution in [1.82, 2.24) is 0 Å². The standard InChI is InChI=1S/C12H7Br2F2NO2S/c13-7-4-5-11(8(14)6-7)20(18,19)17-12-9(15)2-1-3-10(12)16/h1-6,17H. The third kappa shape index (κ3) is 3.18. The molecule has 106 valence electrons. The Hall–Kier alpha value is -0.990. The summed E-state index contributed by atoms with van der Waals surface area (Å²) in [6, 6.07) is 7.44. The van der Waals surface area contributed by atoms with Gasteiger partial charge < -0.3 is 0 Å². The topological polar surface area (TPSA) is 46.2 Å². The minimum atomic E-state index is -4.10. The van der Waals surface area contributed by atoms with E-state index in [1.807, 2.05) is 4.72 Å². The summed E-state index contributed by atoms with van der Waals surface area (Å²) in [5, 5.41) is 0. The molecule has 3 nitrogen and oxygen atoms in total. The van der Waals surface area contributed by atoms with Gasteiger partial charge in [-0.25, -0.2) is 17.2 Å². The molecule has 0 heterocycles. The predicted molar refractivity (Wildman–Crippen MR) is 79.0 cm³/mol. The summed E-state index contributed by atoms with van der Waals surface area (Å²) in [5.41, 5.74) is -0.706. The highest BCUT2D eigenvalue weighted by molar-refractivity contribution is 9.11. The molecule has 0 fully saturated rings. The van der Waals surface area contributed by atoms with E-state index in [1.54, 1.807) is 0 Å². The molecule has 0 aromatic heterocycles. The third-order valence-electron chi connectivity index (χ3n) is 2.38. The Morgan fingerprint density at radius 1 is 1.00 bits per heavy atom. The number of para-hydroxylation sites is 1. The van der Waals surface area contributed by atoms with E-state index in [9.17, 15) is 17.2 Å². The van der Waals surface area contributed by atoms with Gasteiger partial charge in [0.15, 0.2) is 0 Å². The van der Waals surface area contributed by atoms with Gasteiger partial charge in [0.1, 0.15) is 22.2 Å². The fourth-order valence-electron chi connectivity index (χ4n) is 1.48.